The van der Waals surface area contributed by atoms with Crippen LogP contribution in [0.2, 0.25) is 0 Å². The zero-order valence-corrected chi connectivity index (χ0v) is 31.6. The van der Waals surface area contributed by atoms with Crippen LogP contribution in [0.5, 0.6) is 0 Å². The van der Waals surface area contributed by atoms with Crippen LogP contribution in [-0.4, -0.2) is 51.0 Å². The van der Waals surface area contributed by atoms with Gasteiger partial charge < -0.3 is 15.2 Å². The number of hydrogen-bond acceptors (Lipinski definition) is 8. The standard InChI is InChI=1S/C41H52N4O4S/c1-8-10-11-12-13-14-17-50(48)22-30-25(5)31-19-33-24(4)28(15-16-38(47)49-7)40(44-33)29-18-37(46)39-26(6)34(45-41(29)39)21-35-27(9-2)23(3)32(42-35)20-36(30)43-31/h19-21,24,28,44,46H,8-18,22H2,1-7H3/t24-,28-,50?/m0/s1. The predicted molar refractivity (Wildman–Crippen MR) is 205 cm³/mol. The van der Waals surface area contributed by atoms with Crippen LogP contribution in [0.15, 0.2) is 106 Å². The number of ether oxygens (including phenoxy) is 1. The number of carbonyl (C=O) groups excluding carboxylic acids is 1. The molecule has 6 rings (SSSR count). The van der Waals surface area contributed by atoms with Crippen LogP contribution in [0.1, 0.15) is 106 Å². The van der Waals surface area contributed by atoms with Crippen LogP contribution < -0.4 is 5.32 Å². The van der Waals surface area contributed by atoms with E-state index in [1.807, 2.05) is 6.92 Å². The number of methoxy groups -OCH3 is 1. The highest BCUT2D eigenvalue weighted by Crippen LogP contribution is 2.46. The molecular weight excluding hydrogens is 645 g/mol. The van der Waals surface area contributed by atoms with Gasteiger partial charge in [0, 0.05) is 63.8 Å². The molecular formula is C41H52N4O4S. The van der Waals surface area contributed by atoms with E-state index < -0.39 is 10.8 Å². The Hall–Kier alpha value is -3.85. The first kappa shape index (κ1) is 36.0. The molecule has 0 amide bonds. The Morgan fingerprint density at radius 1 is 0.940 bits per heavy atom. The molecule has 8 bridgehead atoms. The molecule has 6 aliphatic rings. The van der Waals surface area contributed by atoms with Crippen molar-refractivity contribution in [2.75, 3.05) is 18.6 Å². The zero-order valence-electron chi connectivity index (χ0n) is 30.8. The fraction of sp³-hybridized carbons (Fsp3) is 0.512. The SMILES string of the molecule is CCCCCCCCS(=O)CC1=C(C)C2=NC1=CC1=NC(=CC3=C(C)C4=C(O)CC(=C5NC(=C2)[C@@H](C)[C@@H]5CCC(=O)OC)C4=N3)C(CC)=C1C. The highest BCUT2D eigenvalue weighted by atomic mass is 32.2. The van der Waals surface area contributed by atoms with Gasteiger partial charge in [-0.2, -0.15) is 0 Å². The molecule has 8 nitrogen and oxygen atoms in total. The second-order valence-corrected chi connectivity index (χ2v) is 15.8. The summed E-state index contributed by atoms with van der Waals surface area (Å²) in [4.78, 5) is 27.8. The Kier molecular flexibility index (Phi) is 10.9. The molecule has 5 heterocycles. The third kappa shape index (κ3) is 6.90. The maximum absolute atomic E-state index is 13.5. The van der Waals surface area contributed by atoms with E-state index >= 15 is 0 Å². The van der Waals surface area contributed by atoms with E-state index in [2.05, 4.69) is 58.2 Å². The lowest BCUT2D eigenvalue weighted by atomic mass is 9.86. The number of fused-ring (bicyclic) bond motifs is 5. The molecule has 50 heavy (non-hydrogen) atoms. The molecule has 9 heteroatoms. The van der Waals surface area contributed by atoms with Gasteiger partial charge in [-0.15, -0.1) is 0 Å². The van der Waals surface area contributed by atoms with Gasteiger partial charge >= 0.3 is 5.97 Å². The average Bonchev–Trinajstić information content (AvgIpc) is 3.84. The minimum atomic E-state index is -1.01. The smallest absolute Gasteiger partial charge is 0.305 e. The van der Waals surface area contributed by atoms with Crippen LogP contribution in [0, 0.1) is 11.8 Å². The largest absolute Gasteiger partial charge is 0.511 e. The van der Waals surface area contributed by atoms with Gasteiger partial charge in [-0.3, -0.25) is 9.00 Å². The van der Waals surface area contributed by atoms with Crippen molar-refractivity contribution in [2.45, 2.75) is 106 Å². The number of esters is 1. The first-order valence-corrected chi connectivity index (χ1v) is 19.9. The van der Waals surface area contributed by atoms with Crippen molar-refractivity contribution in [1.82, 2.24) is 5.32 Å². The van der Waals surface area contributed by atoms with Gasteiger partial charge in [0.15, 0.2) is 0 Å². The van der Waals surface area contributed by atoms with Crippen molar-refractivity contribution in [2.24, 2.45) is 26.8 Å². The number of unbranched alkanes of at least 4 members (excludes halogenated alkanes) is 5. The summed E-state index contributed by atoms with van der Waals surface area (Å²) in [7, 11) is 0.414. The minimum absolute atomic E-state index is 0.00644. The predicted octanol–water partition coefficient (Wildman–Crippen LogP) is 8.72. The number of nitrogens with zero attached hydrogens (tertiary/aromatic N) is 3. The van der Waals surface area contributed by atoms with Crippen LogP contribution in [0.25, 0.3) is 0 Å². The van der Waals surface area contributed by atoms with Gasteiger partial charge in [-0.25, -0.2) is 15.0 Å². The summed E-state index contributed by atoms with van der Waals surface area (Å²) in [5.41, 5.74) is 14.0. The number of aliphatic imine (C=N–C) groups is 3. The Morgan fingerprint density at radius 2 is 1.62 bits per heavy atom. The topological polar surface area (TPSA) is 113 Å². The number of allylic oxidation sites excluding steroid dienone is 12. The van der Waals surface area contributed by atoms with E-state index in [0.29, 0.717) is 30.1 Å². The maximum Gasteiger partial charge on any atom is 0.305 e. The number of rotatable bonds is 13. The summed E-state index contributed by atoms with van der Waals surface area (Å²) in [5, 5.41) is 15.1. The molecule has 1 saturated heterocycles. The van der Waals surface area contributed by atoms with E-state index in [1.54, 1.807) is 0 Å². The zero-order chi connectivity index (χ0) is 35.7. The fourth-order valence-corrected chi connectivity index (χ4v) is 9.35. The lowest BCUT2D eigenvalue weighted by Crippen LogP contribution is -2.16. The molecule has 266 valence electrons. The highest BCUT2D eigenvalue weighted by molar-refractivity contribution is 7.85. The van der Waals surface area contributed by atoms with Gasteiger partial charge in [0.2, 0.25) is 0 Å². The minimum Gasteiger partial charge on any atom is -0.511 e. The number of hydrogen-bond donors (Lipinski definition) is 2. The van der Waals surface area contributed by atoms with Crippen molar-refractivity contribution in [3.8, 4) is 0 Å². The quantitative estimate of drug-likeness (QED) is 0.148. The Labute approximate surface area is 299 Å². The van der Waals surface area contributed by atoms with Gasteiger partial charge in [-0.1, -0.05) is 52.9 Å². The Morgan fingerprint density at radius 3 is 2.34 bits per heavy atom. The van der Waals surface area contributed by atoms with E-state index in [9.17, 15) is 14.1 Å². The van der Waals surface area contributed by atoms with Crippen LogP contribution >= 0.6 is 0 Å². The Bertz CT molecular complexity index is 1870. The summed E-state index contributed by atoms with van der Waals surface area (Å²) >= 11 is 0. The summed E-state index contributed by atoms with van der Waals surface area (Å²) in [6, 6.07) is 0. The van der Waals surface area contributed by atoms with Gasteiger partial charge in [0.1, 0.15) is 5.76 Å². The van der Waals surface area contributed by atoms with Crippen molar-refractivity contribution in [1.29, 1.82) is 0 Å². The molecule has 0 radical (unpaired) electrons. The van der Waals surface area contributed by atoms with E-state index in [-0.39, 0.29) is 24.2 Å². The van der Waals surface area contributed by atoms with E-state index in [4.69, 9.17) is 19.7 Å². The van der Waals surface area contributed by atoms with Crippen LogP contribution in [0.3, 0.4) is 0 Å². The summed E-state index contributed by atoms with van der Waals surface area (Å²) in [5.74, 6) is 1.27. The molecule has 0 aromatic rings. The number of aliphatic hydroxyl groups is 1. The monoisotopic (exact) mass is 696 g/mol. The summed E-state index contributed by atoms with van der Waals surface area (Å²) in [6.07, 6.45) is 15.3. The Balaban J connectivity index is 1.45. The lowest BCUT2D eigenvalue weighted by Gasteiger charge is -2.17. The van der Waals surface area contributed by atoms with E-state index in [0.717, 1.165) is 104 Å². The molecule has 5 aliphatic heterocycles. The normalized spacial score (nSPS) is 23.3. The van der Waals surface area contributed by atoms with Crippen molar-refractivity contribution < 1.29 is 18.8 Å². The molecule has 1 aliphatic carbocycles. The van der Waals surface area contributed by atoms with Crippen molar-refractivity contribution in [3.05, 3.63) is 91.5 Å². The molecule has 1 unspecified atom stereocenters. The van der Waals surface area contributed by atoms with Gasteiger partial charge in [0.05, 0.1) is 47.1 Å². The summed E-state index contributed by atoms with van der Waals surface area (Å²) < 4.78 is 18.6. The molecule has 2 N–H and O–H groups in total. The molecule has 0 aromatic heterocycles. The molecule has 3 atom stereocenters. The first-order valence-electron chi connectivity index (χ1n) is 18.4. The van der Waals surface area contributed by atoms with Crippen molar-refractivity contribution >= 4 is 33.9 Å². The van der Waals surface area contributed by atoms with Crippen LogP contribution in [-0.2, 0) is 20.3 Å². The maximum atomic E-state index is 13.5. The lowest BCUT2D eigenvalue weighted by molar-refractivity contribution is -0.140. The third-order valence-electron chi connectivity index (χ3n) is 11.1. The third-order valence-corrected chi connectivity index (χ3v) is 12.5. The number of carbonyl (C=O) groups is 1. The average molecular weight is 697 g/mol. The number of nitrogens with one attached hydrogen (secondary N) is 1. The van der Waals surface area contributed by atoms with Crippen LogP contribution in [0.4, 0.5) is 0 Å². The summed E-state index contributed by atoms with van der Waals surface area (Å²) in [6.45, 7) is 12.8. The molecule has 0 spiro atoms. The van der Waals surface area contributed by atoms with Gasteiger partial charge in [-0.05, 0) is 86.1 Å². The molecule has 1 fully saturated rings. The van der Waals surface area contributed by atoms with E-state index in [1.165, 1.54) is 32.8 Å². The second kappa shape index (κ2) is 15.2. The number of aliphatic hydroxyl groups excluding tert-OH is 1. The van der Waals surface area contributed by atoms with Gasteiger partial charge in [0.25, 0.3) is 0 Å². The van der Waals surface area contributed by atoms with Crippen molar-refractivity contribution in [3.63, 3.8) is 0 Å². The molecule has 0 aromatic carbocycles. The first-order chi connectivity index (χ1) is 24.1. The highest BCUT2D eigenvalue weighted by Gasteiger charge is 2.41. The fourth-order valence-electron chi connectivity index (χ4n) is 7.99. The molecule has 0 saturated carbocycles. The second-order valence-electron chi connectivity index (χ2n) is 14.3.